The Balaban J connectivity index is 1.51. The smallest absolute Gasteiger partial charge is 0.270 e. The van der Waals surface area contributed by atoms with Crippen LogP contribution in [0.3, 0.4) is 0 Å². The second-order valence-corrected chi connectivity index (χ2v) is 5.97. The predicted molar refractivity (Wildman–Crippen MR) is 77.9 cm³/mol. The van der Waals surface area contributed by atoms with Gasteiger partial charge in [0.2, 0.25) is 0 Å². The van der Waals surface area contributed by atoms with Crippen LogP contribution in [0, 0.1) is 11.7 Å². The van der Waals surface area contributed by atoms with Gasteiger partial charge in [-0.1, -0.05) is 0 Å². The summed E-state index contributed by atoms with van der Waals surface area (Å²) in [6.45, 7) is 1.00. The van der Waals surface area contributed by atoms with Crippen LogP contribution in [-0.2, 0) is 6.61 Å². The van der Waals surface area contributed by atoms with Crippen LogP contribution in [0.25, 0.3) is 0 Å². The molecule has 21 heavy (non-hydrogen) atoms. The number of carbonyl (C=O) groups excluding carboxylic acids is 1. The molecule has 1 aliphatic rings. The van der Waals surface area contributed by atoms with E-state index in [1.54, 1.807) is 17.5 Å². The van der Waals surface area contributed by atoms with Gasteiger partial charge in [0, 0.05) is 11.9 Å². The van der Waals surface area contributed by atoms with Crippen LogP contribution in [0.15, 0.2) is 29.6 Å². The van der Waals surface area contributed by atoms with Gasteiger partial charge in [-0.15, -0.1) is 11.3 Å². The van der Waals surface area contributed by atoms with E-state index in [0.717, 1.165) is 11.6 Å². The second kappa shape index (κ2) is 6.22. The standard InChI is InChI=1S/C15H15FN2O2S/c16-11-3-5-12(6-4-11)20-8-14-18-13(9-21-14)15(19)17-7-10-1-2-10/h3-6,9-10H,1-2,7-8H2,(H,17,19). The first-order chi connectivity index (χ1) is 10.2. The zero-order valence-corrected chi connectivity index (χ0v) is 12.2. The summed E-state index contributed by atoms with van der Waals surface area (Å²) in [6.07, 6.45) is 2.40. The minimum absolute atomic E-state index is 0.133. The number of nitrogens with one attached hydrogen (secondary N) is 1. The lowest BCUT2D eigenvalue weighted by atomic mass is 10.3. The molecule has 0 radical (unpaired) electrons. The maximum Gasteiger partial charge on any atom is 0.270 e. The van der Waals surface area contributed by atoms with E-state index in [2.05, 4.69) is 10.3 Å². The van der Waals surface area contributed by atoms with Gasteiger partial charge in [0.1, 0.15) is 28.9 Å². The molecule has 1 saturated carbocycles. The Morgan fingerprint density at radius 2 is 2.14 bits per heavy atom. The molecule has 6 heteroatoms. The number of amides is 1. The molecule has 1 heterocycles. The first-order valence-corrected chi connectivity index (χ1v) is 7.69. The summed E-state index contributed by atoms with van der Waals surface area (Å²) in [6, 6.07) is 5.81. The third kappa shape index (κ3) is 4.01. The Hall–Kier alpha value is -1.95. The number of ether oxygens (including phenoxy) is 1. The van der Waals surface area contributed by atoms with Crippen LogP contribution in [0.2, 0.25) is 0 Å². The molecule has 1 aromatic carbocycles. The Bertz CT molecular complexity index is 623. The summed E-state index contributed by atoms with van der Waals surface area (Å²) < 4.78 is 18.3. The highest BCUT2D eigenvalue weighted by Gasteiger charge is 2.22. The molecule has 110 valence electrons. The molecule has 0 spiro atoms. The normalized spacial score (nSPS) is 14.0. The highest BCUT2D eigenvalue weighted by Crippen LogP contribution is 2.27. The van der Waals surface area contributed by atoms with Gasteiger partial charge in [-0.25, -0.2) is 9.37 Å². The van der Waals surface area contributed by atoms with Crippen LogP contribution in [0.5, 0.6) is 5.75 Å². The molecular weight excluding hydrogens is 291 g/mol. The molecule has 0 atom stereocenters. The third-order valence-corrected chi connectivity index (χ3v) is 4.03. The molecule has 1 aromatic heterocycles. The quantitative estimate of drug-likeness (QED) is 0.892. The fraction of sp³-hybridized carbons (Fsp3) is 0.333. The number of halogens is 1. The molecule has 1 aliphatic carbocycles. The third-order valence-electron chi connectivity index (χ3n) is 3.21. The minimum atomic E-state index is -0.300. The largest absolute Gasteiger partial charge is 0.486 e. The van der Waals surface area contributed by atoms with E-state index >= 15 is 0 Å². The van der Waals surface area contributed by atoms with Gasteiger partial charge in [0.15, 0.2) is 0 Å². The van der Waals surface area contributed by atoms with Crippen molar-refractivity contribution in [3.63, 3.8) is 0 Å². The predicted octanol–water partition coefficient (Wildman–Crippen LogP) is 3.00. The number of nitrogens with zero attached hydrogens (tertiary/aromatic N) is 1. The summed E-state index contributed by atoms with van der Waals surface area (Å²) in [5, 5.41) is 5.32. The molecule has 4 nitrogen and oxygen atoms in total. The van der Waals surface area contributed by atoms with Crippen molar-refractivity contribution in [3.05, 3.63) is 46.2 Å². The van der Waals surface area contributed by atoms with E-state index in [4.69, 9.17) is 4.74 Å². The van der Waals surface area contributed by atoms with Crippen molar-refractivity contribution in [2.75, 3.05) is 6.54 Å². The molecule has 0 saturated heterocycles. The number of hydrogen-bond donors (Lipinski definition) is 1. The summed E-state index contributed by atoms with van der Waals surface area (Å²) in [7, 11) is 0. The van der Waals surface area contributed by atoms with Crippen LogP contribution >= 0.6 is 11.3 Å². The van der Waals surface area contributed by atoms with Crippen molar-refractivity contribution in [2.24, 2.45) is 5.92 Å². The molecule has 3 rings (SSSR count). The van der Waals surface area contributed by atoms with Crippen molar-refractivity contribution in [2.45, 2.75) is 19.4 Å². The van der Waals surface area contributed by atoms with Crippen molar-refractivity contribution in [1.82, 2.24) is 10.3 Å². The average Bonchev–Trinajstić information content (AvgIpc) is 3.20. The number of carbonyl (C=O) groups is 1. The maximum atomic E-state index is 12.8. The van der Waals surface area contributed by atoms with Crippen molar-refractivity contribution in [1.29, 1.82) is 0 Å². The average molecular weight is 306 g/mol. The van der Waals surface area contributed by atoms with E-state index in [1.165, 1.54) is 36.3 Å². The molecule has 0 bridgehead atoms. The van der Waals surface area contributed by atoms with Gasteiger partial charge in [-0.05, 0) is 43.0 Å². The summed E-state index contributed by atoms with van der Waals surface area (Å²) in [4.78, 5) is 16.1. The fourth-order valence-electron chi connectivity index (χ4n) is 1.81. The molecule has 0 unspecified atom stereocenters. The van der Waals surface area contributed by atoms with E-state index in [1.807, 2.05) is 0 Å². The van der Waals surface area contributed by atoms with Gasteiger partial charge in [0.25, 0.3) is 5.91 Å². The first-order valence-electron chi connectivity index (χ1n) is 6.81. The number of benzene rings is 1. The Morgan fingerprint density at radius 1 is 1.38 bits per heavy atom. The van der Waals surface area contributed by atoms with Gasteiger partial charge in [0.05, 0.1) is 0 Å². The van der Waals surface area contributed by atoms with E-state index in [0.29, 0.717) is 17.4 Å². The second-order valence-electron chi connectivity index (χ2n) is 5.02. The van der Waals surface area contributed by atoms with Crippen LogP contribution in [-0.4, -0.2) is 17.4 Å². The maximum absolute atomic E-state index is 12.8. The van der Waals surface area contributed by atoms with E-state index in [-0.39, 0.29) is 18.3 Å². The van der Waals surface area contributed by atoms with Gasteiger partial charge in [-0.2, -0.15) is 0 Å². The Labute approximate surface area is 126 Å². The number of aromatic nitrogens is 1. The van der Waals surface area contributed by atoms with Crippen LogP contribution < -0.4 is 10.1 Å². The SMILES string of the molecule is O=C(NCC1CC1)c1csc(COc2ccc(F)cc2)n1. The van der Waals surface area contributed by atoms with Crippen molar-refractivity contribution >= 4 is 17.2 Å². The van der Waals surface area contributed by atoms with E-state index in [9.17, 15) is 9.18 Å². The number of thiazole rings is 1. The molecule has 1 amide bonds. The monoisotopic (exact) mass is 306 g/mol. The van der Waals surface area contributed by atoms with Crippen molar-refractivity contribution < 1.29 is 13.9 Å². The molecule has 0 aliphatic heterocycles. The van der Waals surface area contributed by atoms with Gasteiger partial charge < -0.3 is 10.1 Å². The summed E-state index contributed by atoms with van der Waals surface area (Å²) in [5.41, 5.74) is 0.429. The lowest BCUT2D eigenvalue weighted by Crippen LogP contribution is -2.25. The first kappa shape index (κ1) is 14.0. The van der Waals surface area contributed by atoms with E-state index < -0.39 is 0 Å². The minimum Gasteiger partial charge on any atom is -0.486 e. The van der Waals surface area contributed by atoms with Crippen LogP contribution in [0.1, 0.15) is 28.3 Å². The van der Waals surface area contributed by atoms with Crippen molar-refractivity contribution in [3.8, 4) is 5.75 Å². The topological polar surface area (TPSA) is 51.2 Å². The van der Waals surface area contributed by atoms with Crippen LogP contribution in [0.4, 0.5) is 4.39 Å². The summed E-state index contributed by atoms with van der Waals surface area (Å²) >= 11 is 1.38. The van der Waals surface area contributed by atoms with Gasteiger partial charge >= 0.3 is 0 Å². The van der Waals surface area contributed by atoms with Gasteiger partial charge in [-0.3, -0.25) is 4.79 Å². The molecule has 2 aromatic rings. The molecule has 1 fully saturated rings. The number of hydrogen-bond acceptors (Lipinski definition) is 4. The zero-order valence-electron chi connectivity index (χ0n) is 11.3. The zero-order chi connectivity index (χ0) is 14.7. The highest BCUT2D eigenvalue weighted by atomic mass is 32.1. The lowest BCUT2D eigenvalue weighted by molar-refractivity contribution is 0.0947. The Morgan fingerprint density at radius 3 is 2.86 bits per heavy atom. The summed E-state index contributed by atoms with van der Waals surface area (Å²) in [5.74, 6) is 0.789. The highest BCUT2D eigenvalue weighted by molar-refractivity contribution is 7.09. The molecular formula is C15H15FN2O2S. The number of rotatable bonds is 6. The molecule has 1 N–H and O–H groups in total. The lowest BCUT2D eigenvalue weighted by Gasteiger charge is -2.03. The fourth-order valence-corrected chi connectivity index (χ4v) is 2.49. The Kier molecular flexibility index (Phi) is 4.15.